The number of nitrogens with two attached hydrogens (primary N) is 1. The first kappa shape index (κ1) is 12.3. The molecule has 0 radical (unpaired) electrons. The Labute approximate surface area is 99.3 Å². The van der Waals surface area contributed by atoms with Crippen LogP contribution >= 0.6 is 0 Å². The van der Waals surface area contributed by atoms with E-state index < -0.39 is 0 Å². The van der Waals surface area contributed by atoms with Crippen LogP contribution in [0.3, 0.4) is 0 Å². The molecule has 2 rings (SSSR count). The molecule has 16 heavy (non-hydrogen) atoms. The van der Waals surface area contributed by atoms with E-state index in [0.29, 0.717) is 6.04 Å². The van der Waals surface area contributed by atoms with Gasteiger partial charge >= 0.3 is 0 Å². The minimum atomic E-state index is 0.131. The van der Waals surface area contributed by atoms with Crippen molar-refractivity contribution in [1.29, 1.82) is 0 Å². The van der Waals surface area contributed by atoms with Crippen LogP contribution < -0.4 is 5.73 Å². The van der Waals surface area contributed by atoms with Gasteiger partial charge in [-0.1, -0.05) is 6.92 Å². The SMILES string of the molecule is CC1CCC(C)N(C2(CN)CCCOC2)C1. The molecule has 3 heteroatoms. The Kier molecular flexibility index (Phi) is 3.88. The Balaban J connectivity index is 2.11. The summed E-state index contributed by atoms with van der Waals surface area (Å²) in [7, 11) is 0. The summed E-state index contributed by atoms with van der Waals surface area (Å²) in [6, 6.07) is 0.668. The minimum Gasteiger partial charge on any atom is -0.379 e. The highest BCUT2D eigenvalue weighted by atomic mass is 16.5. The summed E-state index contributed by atoms with van der Waals surface area (Å²) in [4.78, 5) is 2.64. The van der Waals surface area contributed by atoms with Crippen molar-refractivity contribution >= 4 is 0 Å². The Hall–Kier alpha value is -0.120. The van der Waals surface area contributed by atoms with Gasteiger partial charge in [-0.2, -0.15) is 0 Å². The quantitative estimate of drug-likeness (QED) is 0.777. The third-order valence-corrected chi connectivity index (χ3v) is 4.41. The van der Waals surface area contributed by atoms with Gasteiger partial charge in [-0.25, -0.2) is 0 Å². The van der Waals surface area contributed by atoms with E-state index in [0.717, 1.165) is 32.1 Å². The standard InChI is InChI=1S/C13H26N2O/c1-11-4-5-12(2)15(8-11)13(9-14)6-3-7-16-10-13/h11-12H,3-10,14H2,1-2H3. The molecule has 2 N–H and O–H groups in total. The normalized spacial score (nSPS) is 42.2. The molecule has 2 aliphatic heterocycles. The number of ether oxygens (including phenoxy) is 1. The molecule has 3 unspecified atom stereocenters. The average Bonchev–Trinajstić information content (AvgIpc) is 2.33. The zero-order chi connectivity index (χ0) is 11.6. The lowest BCUT2D eigenvalue weighted by Crippen LogP contribution is -2.63. The Bertz CT molecular complexity index is 226. The van der Waals surface area contributed by atoms with Crippen LogP contribution in [0.4, 0.5) is 0 Å². The second-order valence-electron chi connectivity index (χ2n) is 5.77. The van der Waals surface area contributed by atoms with Crippen molar-refractivity contribution < 1.29 is 4.74 Å². The number of hydrogen-bond acceptors (Lipinski definition) is 3. The van der Waals surface area contributed by atoms with E-state index >= 15 is 0 Å². The van der Waals surface area contributed by atoms with Crippen molar-refractivity contribution in [2.75, 3.05) is 26.3 Å². The molecule has 2 heterocycles. The van der Waals surface area contributed by atoms with Crippen molar-refractivity contribution in [2.45, 2.75) is 51.1 Å². The van der Waals surface area contributed by atoms with Gasteiger partial charge < -0.3 is 10.5 Å². The summed E-state index contributed by atoms with van der Waals surface area (Å²) in [6.45, 7) is 8.39. The maximum atomic E-state index is 6.06. The van der Waals surface area contributed by atoms with Crippen molar-refractivity contribution in [3.8, 4) is 0 Å². The molecule has 0 aliphatic carbocycles. The van der Waals surface area contributed by atoms with Gasteiger partial charge in [-0.3, -0.25) is 4.90 Å². The van der Waals surface area contributed by atoms with Crippen LogP contribution in [0.25, 0.3) is 0 Å². The van der Waals surface area contributed by atoms with Gasteiger partial charge in [0.1, 0.15) is 0 Å². The maximum absolute atomic E-state index is 6.06. The van der Waals surface area contributed by atoms with Gasteiger partial charge in [0.05, 0.1) is 12.1 Å². The first-order chi connectivity index (χ1) is 7.68. The molecule has 0 saturated carbocycles. The van der Waals surface area contributed by atoms with Crippen molar-refractivity contribution in [3.63, 3.8) is 0 Å². The van der Waals surface area contributed by atoms with Gasteiger partial charge in [-0.15, -0.1) is 0 Å². The molecule has 0 aromatic heterocycles. The Morgan fingerprint density at radius 3 is 2.81 bits per heavy atom. The third-order valence-electron chi connectivity index (χ3n) is 4.41. The topological polar surface area (TPSA) is 38.5 Å². The van der Waals surface area contributed by atoms with Crippen LogP contribution in [0.15, 0.2) is 0 Å². The lowest BCUT2D eigenvalue weighted by atomic mass is 9.84. The smallest absolute Gasteiger partial charge is 0.0662 e. The molecule has 3 atom stereocenters. The molecule has 2 saturated heterocycles. The highest BCUT2D eigenvalue weighted by Gasteiger charge is 2.41. The van der Waals surface area contributed by atoms with Gasteiger partial charge in [-0.05, 0) is 38.5 Å². The van der Waals surface area contributed by atoms with Crippen molar-refractivity contribution in [3.05, 3.63) is 0 Å². The molecular formula is C13H26N2O. The number of nitrogens with zero attached hydrogens (tertiary/aromatic N) is 1. The van der Waals surface area contributed by atoms with E-state index in [1.54, 1.807) is 0 Å². The molecule has 94 valence electrons. The second-order valence-corrected chi connectivity index (χ2v) is 5.77. The zero-order valence-electron chi connectivity index (χ0n) is 10.7. The number of piperidine rings is 1. The van der Waals surface area contributed by atoms with Gasteiger partial charge in [0.2, 0.25) is 0 Å². The Morgan fingerprint density at radius 1 is 1.38 bits per heavy atom. The van der Waals surface area contributed by atoms with Crippen LogP contribution in [0.5, 0.6) is 0 Å². The zero-order valence-corrected chi connectivity index (χ0v) is 10.7. The van der Waals surface area contributed by atoms with Gasteiger partial charge in [0.15, 0.2) is 0 Å². The van der Waals surface area contributed by atoms with Crippen LogP contribution in [0.1, 0.15) is 39.5 Å². The van der Waals surface area contributed by atoms with Crippen LogP contribution in [0.2, 0.25) is 0 Å². The minimum absolute atomic E-state index is 0.131. The average molecular weight is 226 g/mol. The molecule has 0 aromatic rings. The molecule has 0 spiro atoms. The summed E-state index contributed by atoms with van der Waals surface area (Å²) in [5, 5.41) is 0. The van der Waals surface area contributed by atoms with Gasteiger partial charge in [0, 0.05) is 25.7 Å². The van der Waals surface area contributed by atoms with Crippen LogP contribution in [-0.4, -0.2) is 42.8 Å². The predicted octanol–water partition coefficient (Wildman–Crippen LogP) is 1.61. The van der Waals surface area contributed by atoms with E-state index in [1.165, 1.54) is 25.8 Å². The molecule has 2 fully saturated rings. The fourth-order valence-electron chi connectivity index (χ4n) is 3.29. The summed E-state index contributed by atoms with van der Waals surface area (Å²) in [6.07, 6.45) is 5.04. The summed E-state index contributed by atoms with van der Waals surface area (Å²) in [5.74, 6) is 0.807. The third kappa shape index (κ3) is 2.27. The molecule has 3 nitrogen and oxygen atoms in total. The highest BCUT2D eigenvalue weighted by Crippen LogP contribution is 2.33. The molecule has 0 aromatic carbocycles. The van der Waals surface area contributed by atoms with E-state index in [1.807, 2.05) is 0 Å². The Morgan fingerprint density at radius 2 is 2.19 bits per heavy atom. The lowest BCUT2D eigenvalue weighted by molar-refractivity contribution is -0.0777. The molecule has 0 bridgehead atoms. The highest BCUT2D eigenvalue weighted by molar-refractivity contribution is 4.97. The molecule has 0 amide bonds. The van der Waals surface area contributed by atoms with Crippen molar-refractivity contribution in [1.82, 2.24) is 4.90 Å². The lowest BCUT2D eigenvalue weighted by Gasteiger charge is -2.51. The predicted molar refractivity (Wildman–Crippen MR) is 66.4 cm³/mol. The molecule has 2 aliphatic rings. The first-order valence-electron chi connectivity index (χ1n) is 6.72. The van der Waals surface area contributed by atoms with Crippen LogP contribution in [0, 0.1) is 5.92 Å². The van der Waals surface area contributed by atoms with E-state index in [-0.39, 0.29) is 5.54 Å². The number of hydrogen-bond donors (Lipinski definition) is 1. The summed E-state index contributed by atoms with van der Waals surface area (Å²) in [5.41, 5.74) is 6.19. The summed E-state index contributed by atoms with van der Waals surface area (Å²) < 4.78 is 5.69. The fraction of sp³-hybridized carbons (Fsp3) is 1.00. The van der Waals surface area contributed by atoms with E-state index in [4.69, 9.17) is 10.5 Å². The molecular weight excluding hydrogens is 200 g/mol. The monoisotopic (exact) mass is 226 g/mol. The first-order valence-corrected chi connectivity index (χ1v) is 6.72. The second kappa shape index (κ2) is 5.03. The maximum Gasteiger partial charge on any atom is 0.0662 e. The fourth-order valence-corrected chi connectivity index (χ4v) is 3.29. The van der Waals surface area contributed by atoms with Crippen molar-refractivity contribution in [2.24, 2.45) is 11.7 Å². The van der Waals surface area contributed by atoms with Gasteiger partial charge in [0.25, 0.3) is 0 Å². The number of rotatable bonds is 2. The van der Waals surface area contributed by atoms with Crippen LogP contribution in [-0.2, 0) is 4.74 Å². The van der Waals surface area contributed by atoms with E-state index in [9.17, 15) is 0 Å². The number of likely N-dealkylation sites (tertiary alicyclic amines) is 1. The van der Waals surface area contributed by atoms with E-state index in [2.05, 4.69) is 18.7 Å². The largest absolute Gasteiger partial charge is 0.379 e. The summed E-state index contributed by atoms with van der Waals surface area (Å²) >= 11 is 0.